The number of nitro groups is 1. The van der Waals surface area contributed by atoms with Crippen molar-refractivity contribution < 1.29 is 14.4 Å². The Morgan fingerprint density at radius 1 is 1.03 bits per heavy atom. The molecule has 0 unspecified atom stereocenters. The second-order valence-corrected chi connectivity index (χ2v) is 9.41. The second-order valence-electron chi connectivity index (χ2n) is 7.83. The van der Waals surface area contributed by atoms with Crippen molar-refractivity contribution >= 4 is 23.4 Å². The number of benzene rings is 3. The van der Waals surface area contributed by atoms with Gasteiger partial charge >= 0.3 is 0 Å². The number of hydrogen-bond donors (Lipinski definition) is 0. The summed E-state index contributed by atoms with van der Waals surface area (Å²) >= 11 is 7.55. The third-order valence-electron chi connectivity index (χ3n) is 5.37. The van der Waals surface area contributed by atoms with Crippen molar-refractivity contribution in [3.8, 4) is 17.2 Å². The van der Waals surface area contributed by atoms with Gasteiger partial charge < -0.3 is 9.47 Å². The lowest BCUT2D eigenvalue weighted by atomic mass is 10.1. The number of hydrogen-bond acceptors (Lipinski definition) is 7. The largest absolute Gasteiger partial charge is 0.494 e. The Morgan fingerprint density at radius 3 is 2.47 bits per heavy atom. The summed E-state index contributed by atoms with van der Waals surface area (Å²) in [6, 6.07) is 22.3. The summed E-state index contributed by atoms with van der Waals surface area (Å²) in [5.41, 5.74) is 2.37. The number of halogens is 1. The fourth-order valence-corrected chi connectivity index (χ4v) is 5.08. The molecule has 0 radical (unpaired) electrons. The molecule has 0 saturated heterocycles. The predicted octanol–water partition coefficient (Wildman–Crippen LogP) is 6.32. The summed E-state index contributed by atoms with van der Waals surface area (Å²) in [5.74, 6) is 1.99. The van der Waals surface area contributed by atoms with E-state index in [1.807, 2.05) is 85.1 Å². The monoisotopic (exact) mass is 524 g/mol. The Hall–Kier alpha value is -3.56. The minimum atomic E-state index is -0.563. The fraction of sp³-hybridized carbons (Fsp3) is 0.231. The van der Waals surface area contributed by atoms with Crippen molar-refractivity contribution in [2.24, 2.45) is 0 Å². The van der Waals surface area contributed by atoms with Crippen molar-refractivity contribution in [3.63, 3.8) is 0 Å². The van der Waals surface area contributed by atoms with E-state index < -0.39 is 5.25 Å². The first-order chi connectivity index (χ1) is 17.5. The standard InChI is InChI=1S/C26H25ClN4O4S/c1-3-34-21-14-12-20(13-15-21)31-18(2)28-29-26(31)36-25(16-30(32)33)22-9-5-7-11-24(22)35-17-19-8-4-6-10-23(19)27/h4-15,25H,3,16-17H2,1-2H3/t25-/m0/s1. The van der Waals surface area contributed by atoms with Crippen LogP contribution in [-0.2, 0) is 6.61 Å². The van der Waals surface area contributed by atoms with Crippen molar-refractivity contribution in [2.45, 2.75) is 30.9 Å². The molecule has 0 bridgehead atoms. The molecule has 0 amide bonds. The lowest BCUT2D eigenvalue weighted by Crippen LogP contribution is -2.12. The number of para-hydroxylation sites is 1. The number of thioether (sulfide) groups is 1. The molecule has 1 heterocycles. The molecule has 4 aromatic rings. The molecule has 10 heteroatoms. The zero-order valence-corrected chi connectivity index (χ0v) is 21.4. The molecule has 4 rings (SSSR count). The van der Waals surface area contributed by atoms with Gasteiger partial charge in [0.2, 0.25) is 6.54 Å². The van der Waals surface area contributed by atoms with Crippen LogP contribution >= 0.6 is 23.4 Å². The van der Waals surface area contributed by atoms with Crippen LogP contribution in [0.4, 0.5) is 0 Å². The van der Waals surface area contributed by atoms with E-state index in [1.165, 1.54) is 11.8 Å². The summed E-state index contributed by atoms with van der Waals surface area (Å²) < 4.78 is 13.5. The molecule has 36 heavy (non-hydrogen) atoms. The highest BCUT2D eigenvalue weighted by Gasteiger charge is 2.26. The van der Waals surface area contributed by atoms with Crippen LogP contribution in [0.15, 0.2) is 78.0 Å². The van der Waals surface area contributed by atoms with Crippen molar-refractivity contribution in [3.05, 3.63) is 105 Å². The van der Waals surface area contributed by atoms with Crippen LogP contribution in [0.1, 0.15) is 29.1 Å². The number of nitrogens with zero attached hydrogens (tertiary/aromatic N) is 4. The Labute approximate surface area is 218 Å². The van der Waals surface area contributed by atoms with Gasteiger partial charge in [0, 0.05) is 26.8 Å². The van der Waals surface area contributed by atoms with Crippen molar-refractivity contribution in [1.82, 2.24) is 14.8 Å². The van der Waals surface area contributed by atoms with E-state index in [2.05, 4.69) is 10.2 Å². The summed E-state index contributed by atoms with van der Waals surface area (Å²) in [5, 5.41) is 20.8. The molecule has 0 aliphatic rings. The van der Waals surface area contributed by atoms with Crippen LogP contribution in [0.2, 0.25) is 5.02 Å². The average Bonchev–Trinajstić information content (AvgIpc) is 3.23. The van der Waals surface area contributed by atoms with Gasteiger partial charge in [-0.15, -0.1) is 10.2 Å². The maximum absolute atomic E-state index is 11.6. The van der Waals surface area contributed by atoms with E-state index in [0.29, 0.717) is 33.9 Å². The van der Waals surface area contributed by atoms with E-state index in [4.69, 9.17) is 21.1 Å². The molecule has 0 aliphatic heterocycles. The normalized spacial score (nSPS) is 11.8. The van der Waals surface area contributed by atoms with Crippen LogP contribution < -0.4 is 9.47 Å². The summed E-state index contributed by atoms with van der Waals surface area (Å²) in [4.78, 5) is 11.3. The van der Waals surface area contributed by atoms with E-state index >= 15 is 0 Å². The molecule has 0 spiro atoms. The maximum atomic E-state index is 11.6. The van der Waals surface area contributed by atoms with E-state index in [1.54, 1.807) is 6.07 Å². The van der Waals surface area contributed by atoms with Gasteiger partial charge in [-0.3, -0.25) is 14.7 Å². The number of aromatic nitrogens is 3. The highest BCUT2D eigenvalue weighted by atomic mass is 35.5. The zero-order valence-electron chi connectivity index (χ0n) is 19.8. The summed E-state index contributed by atoms with van der Waals surface area (Å²) in [6.07, 6.45) is 0. The van der Waals surface area contributed by atoms with Gasteiger partial charge in [0.25, 0.3) is 0 Å². The molecule has 1 atom stereocenters. The first-order valence-corrected chi connectivity index (χ1v) is 12.6. The number of ether oxygens (including phenoxy) is 2. The molecular formula is C26H25ClN4O4S. The van der Waals surface area contributed by atoms with E-state index in [0.717, 1.165) is 17.0 Å². The van der Waals surface area contributed by atoms with E-state index in [-0.39, 0.29) is 18.1 Å². The molecule has 186 valence electrons. The Kier molecular flexibility index (Phi) is 8.45. The van der Waals surface area contributed by atoms with Crippen LogP contribution in [0.25, 0.3) is 5.69 Å². The Morgan fingerprint density at radius 2 is 1.75 bits per heavy atom. The van der Waals surface area contributed by atoms with Crippen molar-refractivity contribution in [1.29, 1.82) is 0 Å². The SMILES string of the molecule is CCOc1ccc(-n2c(C)nnc2S[C@@H](C[N+](=O)[O-])c2ccccc2OCc2ccccc2Cl)cc1. The fourth-order valence-electron chi connectivity index (χ4n) is 3.69. The second kappa shape index (κ2) is 11.9. The molecule has 0 saturated carbocycles. The zero-order chi connectivity index (χ0) is 25.5. The number of aryl methyl sites for hydroxylation is 1. The number of rotatable bonds is 11. The van der Waals surface area contributed by atoms with Crippen molar-refractivity contribution in [2.75, 3.05) is 13.2 Å². The van der Waals surface area contributed by atoms with Crippen LogP contribution in [0.3, 0.4) is 0 Å². The minimum Gasteiger partial charge on any atom is -0.494 e. The lowest BCUT2D eigenvalue weighted by Gasteiger charge is -2.18. The smallest absolute Gasteiger partial charge is 0.220 e. The van der Waals surface area contributed by atoms with Gasteiger partial charge in [0.05, 0.1) is 6.61 Å². The van der Waals surface area contributed by atoms with Gasteiger partial charge in [-0.2, -0.15) is 0 Å². The van der Waals surface area contributed by atoms with E-state index in [9.17, 15) is 10.1 Å². The molecule has 3 aromatic carbocycles. The summed E-state index contributed by atoms with van der Waals surface area (Å²) in [6.45, 7) is 4.28. The molecule has 0 N–H and O–H groups in total. The van der Waals surface area contributed by atoms with Crippen LogP contribution in [0.5, 0.6) is 11.5 Å². The topological polar surface area (TPSA) is 92.3 Å². The minimum absolute atomic E-state index is 0.244. The molecule has 1 aromatic heterocycles. The van der Waals surface area contributed by atoms with Gasteiger partial charge in [-0.05, 0) is 50.2 Å². The van der Waals surface area contributed by atoms with Gasteiger partial charge in [0.1, 0.15) is 29.2 Å². The third-order valence-corrected chi connectivity index (χ3v) is 6.90. The van der Waals surface area contributed by atoms with Crippen LogP contribution in [-0.4, -0.2) is 32.8 Å². The lowest BCUT2D eigenvalue weighted by molar-refractivity contribution is -0.479. The highest BCUT2D eigenvalue weighted by molar-refractivity contribution is 7.99. The highest BCUT2D eigenvalue weighted by Crippen LogP contribution is 2.40. The average molecular weight is 525 g/mol. The van der Waals surface area contributed by atoms with Crippen LogP contribution in [0, 0.1) is 17.0 Å². The predicted molar refractivity (Wildman–Crippen MR) is 140 cm³/mol. The Bertz CT molecular complexity index is 1330. The first kappa shape index (κ1) is 25.5. The first-order valence-electron chi connectivity index (χ1n) is 11.3. The Balaban J connectivity index is 1.63. The molecule has 8 nitrogen and oxygen atoms in total. The molecular weight excluding hydrogens is 500 g/mol. The molecule has 0 fully saturated rings. The molecule has 0 aliphatic carbocycles. The summed E-state index contributed by atoms with van der Waals surface area (Å²) in [7, 11) is 0. The van der Waals surface area contributed by atoms with Gasteiger partial charge in [-0.25, -0.2) is 0 Å². The van der Waals surface area contributed by atoms with Gasteiger partial charge in [-0.1, -0.05) is 59.8 Å². The van der Waals surface area contributed by atoms with Gasteiger partial charge in [0.15, 0.2) is 5.16 Å². The third kappa shape index (κ3) is 6.16. The quantitative estimate of drug-likeness (QED) is 0.129. The maximum Gasteiger partial charge on any atom is 0.220 e.